The molecule has 0 bridgehead atoms. The Hall–Kier alpha value is -2.88. The largest absolute Gasteiger partial charge is 0.345 e. The van der Waals surface area contributed by atoms with Crippen LogP contribution in [0.4, 0.5) is 0 Å². The van der Waals surface area contributed by atoms with Gasteiger partial charge in [0.1, 0.15) is 5.69 Å². The molecule has 0 saturated carbocycles. The quantitative estimate of drug-likeness (QED) is 0.581. The maximum absolute atomic E-state index is 12.9. The molecule has 2 heterocycles. The molecule has 0 unspecified atom stereocenters. The van der Waals surface area contributed by atoms with Gasteiger partial charge in [-0.1, -0.05) is 35.9 Å². The first kappa shape index (κ1) is 17.0. The van der Waals surface area contributed by atoms with E-state index in [0.717, 1.165) is 22.2 Å². The highest BCUT2D eigenvalue weighted by molar-refractivity contribution is 6.43. The van der Waals surface area contributed by atoms with Gasteiger partial charge >= 0.3 is 0 Å². The summed E-state index contributed by atoms with van der Waals surface area (Å²) in [7, 11) is 0. The number of carbonyl (C=O) groups is 2. The molecule has 1 amide bonds. The van der Waals surface area contributed by atoms with Crippen molar-refractivity contribution in [1.29, 1.82) is 0 Å². The van der Waals surface area contributed by atoms with Gasteiger partial charge in [0.25, 0.3) is 11.7 Å². The van der Waals surface area contributed by atoms with Gasteiger partial charge in [0, 0.05) is 22.8 Å². The number of rotatable bonds is 3. The molecule has 4 nitrogen and oxygen atoms in total. The Morgan fingerprint density at radius 3 is 2.32 bits per heavy atom. The Balaban J connectivity index is 2.15. The minimum atomic E-state index is -0.593. The monoisotopic (exact) mass is 334 g/mol. The number of hydrogen-bond acceptors (Lipinski definition) is 2. The van der Waals surface area contributed by atoms with Gasteiger partial charge in [-0.3, -0.25) is 9.59 Å². The SMILES string of the molecule is Cc1ccc(-c2cc3ccccn3c2C(=O)C(=O)NC(C)(C)C)cc1. The summed E-state index contributed by atoms with van der Waals surface area (Å²) in [4.78, 5) is 25.4. The lowest BCUT2D eigenvalue weighted by Crippen LogP contribution is -2.44. The zero-order chi connectivity index (χ0) is 18.2. The average Bonchev–Trinajstić information content (AvgIpc) is 2.92. The number of nitrogens with zero attached hydrogens (tertiary/aromatic N) is 1. The summed E-state index contributed by atoms with van der Waals surface area (Å²) in [6.45, 7) is 7.59. The highest BCUT2D eigenvalue weighted by Gasteiger charge is 2.27. The molecular formula is C21H22N2O2. The van der Waals surface area contributed by atoms with Crippen LogP contribution >= 0.6 is 0 Å². The third-order valence-electron chi connectivity index (χ3n) is 3.95. The Labute approximate surface area is 147 Å². The van der Waals surface area contributed by atoms with Crippen molar-refractivity contribution >= 4 is 17.2 Å². The Morgan fingerprint density at radius 1 is 1.00 bits per heavy atom. The van der Waals surface area contributed by atoms with Crippen LogP contribution in [-0.2, 0) is 4.79 Å². The highest BCUT2D eigenvalue weighted by atomic mass is 16.2. The van der Waals surface area contributed by atoms with Crippen LogP contribution in [0, 0.1) is 6.92 Å². The molecule has 0 fully saturated rings. The van der Waals surface area contributed by atoms with Gasteiger partial charge in [-0.15, -0.1) is 0 Å². The minimum Gasteiger partial charge on any atom is -0.345 e. The number of aromatic nitrogens is 1. The number of Topliss-reactive ketones (excluding diaryl/α,β-unsaturated/α-hetero) is 1. The van der Waals surface area contributed by atoms with Gasteiger partial charge in [-0.2, -0.15) is 0 Å². The summed E-state index contributed by atoms with van der Waals surface area (Å²) >= 11 is 0. The van der Waals surface area contributed by atoms with E-state index >= 15 is 0 Å². The van der Waals surface area contributed by atoms with Crippen molar-refractivity contribution in [3.63, 3.8) is 0 Å². The van der Waals surface area contributed by atoms with Crippen LogP contribution < -0.4 is 5.32 Å². The first-order valence-electron chi connectivity index (χ1n) is 8.30. The summed E-state index contributed by atoms with van der Waals surface area (Å²) in [6, 6.07) is 15.6. The number of nitrogens with one attached hydrogen (secondary N) is 1. The van der Waals surface area contributed by atoms with Crippen LogP contribution in [0.25, 0.3) is 16.6 Å². The Kier molecular flexibility index (Phi) is 4.21. The van der Waals surface area contributed by atoms with Crippen molar-refractivity contribution in [3.05, 3.63) is 66.0 Å². The molecule has 0 spiro atoms. The predicted molar refractivity (Wildman–Crippen MR) is 99.8 cm³/mol. The van der Waals surface area contributed by atoms with E-state index in [1.165, 1.54) is 0 Å². The molecule has 0 saturated heterocycles. The lowest BCUT2D eigenvalue weighted by Gasteiger charge is -2.20. The van der Waals surface area contributed by atoms with E-state index in [1.54, 1.807) is 4.40 Å². The van der Waals surface area contributed by atoms with E-state index in [-0.39, 0.29) is 0 Å². The van der Waals surface area contributed by atoms with Crippen molar-refractivity contribution < 1.29 is 9.59 Å². The summed E-state index contributed by atoms with van der Waals surface area (Å²) in [5, 5.41) is 2.76. The molecule has 128 valence electrons. The summed E-state index contributed by atoms with van der Waals surface area (Å²) in [6.07, 6.45) is 1.81. The van der Waals surface area contributed by atoms with Crippen molar-refractivity contribution in [3.8, 4) is 11.1 Å². The highest BCUT2D eigenvalue weighted by Crippen LogP contribution is 2.28. The zero-order valence-electron chi connectivity index (χ0n) is 15.0. The molecule has 0 aliphatic rings. The van der Waals surface area contributed by atoms with E-state index in [0.29, 0.717) is 5.69 Å². The van der Waals surface area contributed by atoms with Crippen molar-refractivity contribution in [2.45, 2.75) is 33.2 Å². The summed E-state index contributed by atoms with van der Waals surface area (Å²) in [5.74, 6) is -1.12. The number of fused-ring (bicyclic) bond motifs is 1. The van der Waals surface area contributed by atoms with E-state index in [4.69, 9.17) is 0 Å². The number of amides is 1. The first-order valence-corrected chi connectivity index (χ1v) is 8.30. The number of pyridine rings is 1. The van der Waals surface area contributed by atoms with Crippen LogP contribution in [0.15, 0.2) is 54.7 Å². The van der Waals surface area contributed by atoms with Gasteiger partial charge in [0.2, 0.25) is 0 Å². The fourth-order valence-corrected chi connectivity index (χ4v) is 2.81. The number of hydrogen-bond donors (Lipinski definition) is 1. The molecule has 3 aromatic rings. The summed E-state index contributed by atoms with van der Waals surface area (Å²) in [5.41, 5.74) is 3.63. The van der Waals surface area contributed by atoms with Crippen molar-refractivity contribution in [2.24, 2.45) is 0 Å². The number of benzene rings is 1. The lowest BCUT2D eigenvalue weighted by atomic mass is 10.0. The van der Waals surface area contributed by atoms with Crippen LogP contribution in [0.3, 0.4) is 0 Å². The van der Waals surface area contributed by atoms with Crippen molar-refractivity contribution in [2.75, 3.05) is 0 Å². The molecule has 4 heteroatoms. The molecule has 2 aromatic heterocycles. The van der Waals surface area contributed by atoms with Crippen molar-refractivity contribution in [1.82, 2.24) is 9.72 Å². The van der Waals surface area contributed by atoms with Crippen LogP contribution in [0.5, 0.6) is 0 Å². The van der Waals surface area contributed by atoms with E-state index in [1.807, 2.05) is 82.4 Å². The van der Waals surface area contributed by atoms with E-state index in [2.05, 4.69) is 5.32 Å². The van der Waals surface area contributed by atoms with Gasteiger partial charge in [-0.25, -0.2) is 0 Å². The Bertz CT molecular complexity index is 944. The molecular weight excluding hydrogens is 312 g/mol. The second-order valence-electron chi connectivity index (χ2n) is 7.30. The minimum absolute atomic E-state index is 0.390. The second kappa shape index (κ2) is 6.20. The van der Waals surface area contributed by atoms with Gasteiger partial charge < -0.3 is 9.72 Å². The summed E-state index contributed by atoms with van der Waals surface area (Å²) < 4.78 is 1.78. The molecule has 25 heavy (non-hydrogen) atoms. The van der Waals surface area contributed by atoms with E-state index in [9.17, 15) is 9.59 Å². The number of carbonyl (C=O) groups excluding carboxylic acids is 2. The van der Waals surface area contributed by atoms with Gasteiger partial charge in [-0.05, 0) is 51.5 Å². The second-order valence-corrected chi connectivity index (χ2v) is 7.30. The normalized spacial score (nSPS) is 11.5. The number of ketones is 1. The molecule has 1 aromatic carbocycles. The maximum atomic E-state index is 12.9. The molecule has 0 radical (unpaired) electrons. The topological polar surface area (TPSA) is 50.6 Å². The Morgan fingerprint density at radius 2 is 1.68 bits per heavy atom. The van der Waals surface area contributed by atoms with Crippen LogP contribution in [-0.4, -0.2) is 21.6 Å². The average molecular weight is 334 g/mol. The maximum Gasteiger partial charge on any atom is 0.294 e. The predicted octanol–water partition coefficient (Wildman–Crippen LogP) is 4.01. The zero-order valence-corrected chi connectivity index (χ0v) is 15.0. The molecule has 0 aliphatic carbocycles. The third kappa shape index (κ3) is 3.48. The van der Waals surface area contributed by atoms with Gasteiger partial charge in [0.05, 0.1) is 0 Å². The molecule has 0 aliphatic heterocycles. The first-order chi connectivity index (χ1) is 11.8. The van der Waals surface area contributed by atoms with E-state index < -0.39 is 17.2 Å². The molecule has 3 rings (SSSR count). The van der Waals surface area contributed by atoms with Crippen LogP contribution in [0.1, 0.15) is 36.8 Å². The fraction of sp³-hybridized carbons (Fsp3) is 0.238. The standard InChI is InChI=1S/C21H22N2O2/c1-14-8-10-15(11-9-14)17-13-16-7-5-6-12-23(16)18(17)19(24)20(25)22-21(2,3)4/h5-13H,1-4H3,(H,22,25). The lowest BCUT2D eigenvalue weighted by molar-refractivity contribution is -0.118. The third-order valence-corrected chi connectivity index (χ3v) is 3.95. The van der Waals surface area contributed by atoms with Crippen LogP contribution in [0.2, 0.25) is 0 Å². The smallest absolute Gasteiger partial charge is 0.294 e. The number of aryl methyl sites for hydroxylation is 1. The van der Waals surface area contributed by atoms with Gasteiger partial charge in [0.15, 0.2) is 0 Å². The fourth-order valence-electron chi connectivity index (χ4n) is 2.81. The molecule has 1 N–H and O–H groups in total. The molecule has 0 atom stereocenters.